The molecule has 2 aliphatic carbocycles. The molecule has 2 aliphatic rings. The summed E-state index contributed by atoms with van der Waals surface area (Å²) in [6.07, 6.45) is 1.70. The molecular formula is C19H24N2O5. The third-order valence-electron chi connectivity index (χ3n) is 5.48. The fourth-order valence-electron chi connectivity index (χ4n) is 4.28. The van der Waals surface area contributed by atoms with Crippen molar-refractivity contribution in [3.05, 3.63) is 29.8 Å². The molecule has 0 spiro atoms. The molecule has 3 N–H and O–H groups in total. The highest BCUT2D eigenvalue weighted by Gasteiger charge is 2.54. The van der Waals surface area contributed by atoms with Crippen LogP contribution in [0.25, 0.3) is 0 Å². The Morgan fingerprint density at radius 2 is 1.85 bits per heavy atom. The van der Waals surface area contributed by atoms with Gasteiger partial charge in [-0.3, -0.25) is 25.2 Å². The molecule has 2 amide bonds. The zero-order valence-corrected chi connectivity index (χ0v) is 14.9. The number of carboxylic acids is 1. The van der Waals surface area contributed by atoms with Gasteiger partial charge in [0.15, 0.2) is 6.10 Å². The first-order valence-corrected chi connectivity index (χ1v) is 8.92. The Morgan fingerprint density at radius 3 is 2.50 bits per heavy atom. The number of fused-ring (bicyclic) bond motifs is 2. The van der Waals surface area contributed by atoms with E-state index in [2.05, 4.69) is 10.9 Å². The normalized spacial score (nSPS) is 27.6. The van der Waals surface area contributed by atoms with Crippen molar-refractivity contribution in [1.29, 1.82) is 0 Å². The smallest absolute Gasteiger partial charge is 0.307 e. The van der Waals surface area contributed by atoms with Crippen LogP contribution >= 0.6 is 0 Å². The molecule has 7 nitrogen and oxygen atoms in total. The van der Waals surface area contributed by atoms with Gasteiger partial charge in [0.25, 0.3) is 5.91 Å². The summed E-state index contributed by atoms with van der Waals surface area (Å²) in [6.45, 7) is 3.51. The van der Waals surface area contributed by atoms with E-state index in [0.29, 0.717) is 5.75 Å². The second-order valence-corrected chi connectivity index (χ2v) is 7.28. The van der Waals surface area contributed by atoms with E-state index >= 15 is 0 Å². The number of benzene rings is 1. The molecule has 7 heteroatoms. The van der Waals surface area contributed by atoms with Crippen LogP contribution in [0.5, 0.6) is 5.75 Å². The Hall–Kier alpha value is -2.57. The molecule has 0 aliphatic heterocycles. The van der Waals surface area contributed by atoms with Gasteiger partial charge in [0.2, 0.25) is 5.91 Å². The zero-order chi connectivity index (χ0) is 18.8. The molecule has 140 valence electrons. The lowest BCUT2D eigenvalue weighted by atomic mass is 9.79. The fourth-order valence-corrected chi connectivity index (χ4v) is 4.28. The minimum atomic E-state index is -0.931. The third kappa shape index (κ3) is 3.66. The number of carbonyl (C=O) groups excluding carboxylic acids is 2. The molecule has 5 atom stereocenters. The molecule has 0 aromatic heterocycles. The summed E-state index contributed by atoms with van der Waals surface area (Å²) in [4.78, 5) is 36.1. The molecule has 1 aromatic carbocycles. The van der Waals surface area contributed by atoms with Crippen molar-refractivity contribution in [2.45, 2.75) is 39.2 Å². The first kappa shape index (κ1) is 18.2. The average molecular weight is 360 g/mol. The van der Waals surface area contributed by atoms with Gasteiger partial charge in [0.05, 0.1) is 11.8 Å². The summed E-state index contributed by atoms with van der Waals surface area (Å²) >= 11 is 0. The topological polar surface area (TPSA) is 105 Å². The van der Waals surface area contributed by atoms with Crippen molar-refractivity contribution in [3.8, 4) is 5.75 Å². The van der Waals surface area contributed by atoms with Crippen LogP contribution in [-0.4, -0.2) is 29.0 Å². The summed E-state index contributed by atoms with van der Waals surface area (Å²) in [7, 11) is 0. The Balaban J connectivity index is 1.54. The van der Waals surface area contributed by atoms with Gasteiger partial charge in [-0.15, -0.1) is 0 Å². The molecule has 3 rings (SSSR count). The number of aryl methyl sites for hydroxylation is 1. The number of ether oxygens (including phenoxy) is 1. The van der Waals surface area contributed by atoms with Crippen molar-refractivity contribution in [2.75, 3.05) is 0 Å². The lowest BCUT2D eigenvalue weighted by Gasteiger charge is -2.27. The largest absolute Gasteiger partial charge is 0.481 e. The molecule has 26 heavy (non-hydrogen) atoms. The molecule has 2 fully saturated rings. The number of nitrogens with one attached hydrogen (secondary N) is 2. The predicted molar refractivity (Wildman–Crippen MR) is 93.0 cm³/mol. The summed E-state index contributed by atoms with van der Waals surface area (Å²) < 4.78 is 5.57. The van der Waals surface area contributed by atoms with E-state index in [4.69, 9.17) is 4.74 Å². The predicted octanol–water partition coefficient (Wildman–Crippen LogP) is 1.66. The van der Waals surface area contributed by atoms with Gasteiger partial charge < -0.3 is 9.84 Å². The van der Waals surface area contributed by atoms with E-state index in [1.807, 2.05) is 25.1 Å². The number of hydrogen-bond acceptors (Lipinski definition) is 4. The highest BCUT2D eigenvalue weighted by Crippen LogP contribution is 2.52. The van der Waals surface area contributed by atoms with Crippen molar-refractivity contribution >= 4 is 17.8 Å². The van der Waals surface area contributed by atoms with Crippen LogP contribution in [0.1, 0.15) is 31.7 Å². The highest BCUT2D eigenvalue weighted by atomic mass is 16.5. The van der Waals surface area contributed by atoms with E-state index in [-0.39, 0.29) is 11.8 Å². The lowest BCUT2D eigenvalue weighted by Crippen LogP contribution is -2.51. The molecule has 1 aromatic rings. The monoisotopic (exact) mass is 360 g/mol. The molecule has 0 unspecified atom stereocenters. The summed E-state index contributed by atoms with van der Waals surface area (Å²) in [6, 6.07) is 7.32. The minimum Gasteiger partial charge on any atom is -0.481 e. The van der Waals surface area contributed by atoms with Gasteiger partial charge in [0, 0.05) is 0 Å². The van der Waals surface area contributed by atoms with Crippen LogP contribution in [0.15, 0.2) is 24.3 Å². The third-order valence-corrected chi connectivity index (χ3v) is 5.48. The number of hydrogen-bond donors (Lipinski definition) is 3. The van der Waals surface area contributed by atoms with Crippen molar-refractivity contribution in [3.63, 3.8) is 0 Å². The van der Waals surface area contributed by atoms with Crippen LogP contribution in [0.4, 0.5) is 0 Å². The van der Waals surface area contributed by atoms with Crippen molar-refractivity contribution in [1.82, 2.24) is 10.9 Å². The molecular weight excluding hydrogens is 336 g/mol. The SMILES string of the molecule is Cc1cccc(O[C@H](C)C(=O)NNC(=O)[C@@H]2[C@H]3CC[C@@H](C3)[C@@H]2C(=O)O)c1. The van der Waals surface area contributed by atoms with Crippen LogP contribution in [0.3, 0.4) is 0 Å². The van der Waals surface area contributed by atoms with Gasteiger partial charge in [-0.2, -0.15) is 0 Å². The van der Waals surface area contributed by atoms with E-state index in [9.17, 15) is 19.5 Å². The summed E-state index contributed by atoms with van der Waals surface area (Å²) in [5.41, 5.74) is 5.76. The minimum absolute atomic E-state index is 0.0625. The van der Waals surface area contributed by atoms with Crippen LogP contribution in [0.2, 0.25) is 0 Å². The number of carboxylic acid groups (broad SMARTS) is 1. The number of rotatable bonds is 5. The molecule has 0 heterocycles. The van der Waals surface area contributed by atoms with Gasteiger partial charge in [0.1, 0.15) is 5.75 Å². The first-order valence-electron chi connectivity index (χ1n) is 8.92. The second kappa shape index (κ2) is 7.35. The molecule has 0 saturated heterocycles. The fraction of sp³-hybridized carbons (Fsp3) is 0.526. The number of carbonyl (C=O) groups is 3. The van der Waals surface area contributed by atoms with Gasteiger partial charge in [-0.25, -0.2) is 0 Å². The van der Waals surface area contributed by atoms with E-state index in [1.54, 1.807) is 13.0 Å². The van der Waals surface area contributed by atoms with Gasteiger partial charge in [-0.05, 0) is 62.6 Å². The van der Waals surface area contributed by atoms with Crippen LogP contribution in [-0.2, 0) is 14.4 Å². The first-order chi connectivity index (χ1) is 12.4. The Kier molecular flexibility index (Phi) is 5.15. The van der Waals surface area contributed by atoms with E-state index in [0.717, 1.165) is 24.8 Å². The molecule has 0 radical (unpaired) electrons. The van der Waals surface area contributed by atoms with E-state index in [1.165, 1.54) is 0 Å². The maximum absolute atomic E-state index is 12.5. The van der Waals surface area contributed by atoms with Crippen LogP contribution in [0, 0.1) is 30.6 Å². The lowest BCUT2D eigenvalue weighted by molar-refractivity contribution is -0.150. The molecule has 2 bridgehead atoms. The zero-order valence-electron chi connectivity index (χ0n) is 14.9. The van der Waals surface area contributed by atoms with Crippen molar-refractivity contribution in [2.24, 2.45) is 23.7 Å². The Bertz CT molecular complexity index is 720. The Labute approximate surface area is 152 Å². The maximum Gasteiger partial charge on any atom is 0.307 e. The molecule has 2 saturated carbocycles. The Morgan fingerprint density at radius 1 is 1.15 bits per heavy atom. The highest BCUT2D eigenvalue weighted by molar-refractivity contribution is 5.89. The number of amides is 2. The number of aliphatic carboxylic acids is 1. The standard InChI is InChI=1S/C19H24N2O5/c1-10-4-3-5-14(8-10)26-11(2)17(22)20-21-18(23)15-12-6-7-13(9-12)16(15)19(24)25/h3-5,8,11-13,15-16H,6-7,9H2,1-2H3,(H,20,22)(H,21,23)(H,24,25)/t11-,12+,13+,15-,16+/m1/s1. The maximum atomic E-state index is 12.5. The van der Waals surface area contributed by atoms with Crippen LogP contribution < -0.4 is 15.6 Å². The second-order valence-electron chi connectivity index (χ2n) is 7.28. The average Bonchev–Trinajstić information content (AvgIpc) is 3.20. The van der Waals surface area contributed by atoms with Crippen molar-refractivity contribution < 1.29 is 24.2 Å². The van der Waals surface area contributed by atoms with E-state index < -0.39 is 35.7 Å². The summed E-state index contributed by atoms with van der Waals surface area (Å²) in [5.74, 6) is -2.38. The number of hydrazine groups is 1. The van der Waals surface area contributed by atoms with Gasteiger partial charge >= 0.3 is 5.97 Å². The summed E-state index contributed by atoms with van der Waals surface area (Å²) in [5, 5.41) is 9.42. The quantitative estimate of drug-likeness (QED) is 0.693. The van der Waals surface area contributed by atoms with Gasteiger partial charge in [-0.1, -0.05) is 12.1 Å².